The van der Waals surface area contributed by atoms with E-state index in [1.807, 2.05) is 31.3 Å². The maximum atomic E-state index is 10.5. The van der Waals surface area contributed by atoms with Crippen LogP contribution in [0.4, 0.5) is 0 Å². The summed E-state index contributed by atoms with van der Waals surface area (Å²) in [5, 5.41) is 10.5. The van der Waals surface area contributed by atoms with Gasteiger partial charge in [0.05, 0.1) is 13.7 Å². The number of aryl methyl sites for hydroxylation is 1. The first-order valence-corrected chi connectivity index (χ1v) is 11.4. The minimum Gasteiger partial charge on any atom is -0.493 e. The Morgan fingerprint density at radius 2 is 1.87 bits per heavy atom. The number of likely N-dealkylation sites (tertiary alicyclic amines) is 1. The maximum absolute atomic E-state index is 10.5. The Kier molecular flexibility index (Phi) is 9.18. The lowest BCUT2D eigenvalue weighted by molar-refractivity contribution is 0.0645. The van der Waals surface area contributed by atoms with Crippen molar-refractivity contribution in [1.82, 2.24) is 19.8 Å². The van der Waals surface area contributed by atoms with Crippen LogP contribution in [0, 0.1) is 6.92 Å². The smallest absolute Gasteiger partial charge is 0.161 e. The molecule has 3 rings (SSSR count). The molecule has 1 fully saturated rings. The third-order valence-electron chi connectivity index (χ3n) is 5.70. The van der Waals surface area contributed by atoms with Gasteiger partial charge >= 0.3 is 0 Å². The number of H-pyrrole nitrogens is 1. The molecule has 2 N–H and O–H groups in total. The molecule has 0 saturated carbocycles. The second-order valence-corrected chi connectivity index (χ2v) is 8.70. The molecule has 0 amide bonds. The van der Waals surface area contributed by atoms with E-state index < -0.39 is 6.10 Å². The number of methoxy groups -OCH3 is 1. The average molecular weight is 431 g/mol. The number of aromatic amines is 1. The quantitative estimate of drug-likeness (QED) is 0.602. The number of benzene rings is 1. The van der Waals surface area contributed by atoms with Crippen LogP contribution in [0.3, 0.4) is 0 Å². The number of imidazole rings is 1. The zero-order valence-electron chi connectivity index (χ0n) is 19.3. The molecule has 31 heavy (non-hydrogen) atoms. The Balaban J connectivity index is 1.49. The molecular weight excluding hydrogens is 392 g/mol. The Labute approximate surface area is 186 Å². The molecule has 0 radical (unpaired) electrons. The molecule has 0 aliphatic carbocycles. The lowest BCUT2D eigenvalue weighted by Crippen LogP contribution is -2.37. The highest BCUT2D eigenvalue weighted by Crippen LogP contribution is 2.29. The molecule has 1 atom stereocenters. The fourth-order valence-corrected chi connectivity index (χ4v) is 4.13. The van der Waals surface area contributed by atoms with Crippen molar-refractivity contribution in [3.63, 3.8) is 0 Å². The van der Waals surface area contributed by atoms with Crippen molar-refractivity contribution in [2.24, 2.45) is 0 Å². The monoisotopic (exact) mass is 430 g/mol. The summed E-state index contributed by atoms with van der Waals surface area (Å²) >= 11 is 0. The van der Waals surface area contributed by atoms with E-state index >= 15 is 0 Å². The molecule has 1 saturated heterocycles. The van der Waals surface area contributed by atoms with Crippen molar-refractivity contribution in [3.8, 4) is 11.5 Å². The predicted molar refractivity (Wildman–Crippen MR) is 123 cm³/mol. The zero-order chi connectivity index (χ0) is 22.1. The van der Waals surface area contributed by atoms with Gasteiger partial charge in [-0.2, -0.15) is 0 Å². The molecule has 7 nitrogen and oxygen atoms in total. The average Bonchev–Trinajstić information content (AvgIpc) is 3.13. The van der Waals surface area contributed by atoms with Gasteiger partial charge in [0.1, 0.15) is 18.5 Å². The largest absolute Gasteiger partial charge is 0.493 e. The molecular formula is C24H38N4O3. The third kappa shape index (κ3) is 7.83. The van der Waals surface area contributed by atoms with Gasteiger partial charge in [0.25, 0.3) is 0 Å². The summed E-state index contributed by atoms with van der Waals surface area (Å²) in [4.78, 5) is 12.2. The number of aliphatic hydroxyl groups excluding tert-OH is 1. The first kappa shape index (κ1) is 23.6. The van der Waals surface area contributed by atoms with E-state index in [1.54, 1.807) is 7.11 Å². The first-order valence-electron chi connectivity index (χ1n) is 11.4. The first-order chi connectivity index (χ1) is 15.0. The van der Waals surface area contributed by atoms with Gasteiger partial charge in [0, 0.05) is 25.0 Å². The van der Waals surface area contributed by atoms with Crippen LogP contribution in [-0.4, -0.2) is 71.4 Å². The van der Waals surface area contributed by atoms with Gasteiger partial charge in [-0.15, -0.1) is 0 Å². The number of nitrogens with zero attached hydrogens (tertiary/aromatic N) is 3. The van der Waals surface area contributed by atoms with Crippen LogP contribution >= 0.6 is 0 Å². The molecule has 7 heteroatoms. The Bertz CT molecular complexity index is 787. The van der Waals surface area contributed by atoms with Gasteiger partial charge < -0.3 is 24.5 Å². The Morgan fingerprint density at radius 1 is 1.13 bits per heavy atom. The van der Waals surface area contributed by atoms with Crippen molar-refractivity contribution in [3.05, 3.63) is 41.5 Å². The highest BCUT2D eigenvalue weighted by Gasteiger charge is 2.15. The minimum atomic E-state index is -0.508. The number of hydrogen-bond acceptors (Lipinski definition) is 6. The van der Waals surface area contributed by atoms with Crippen LogP contribution < -0.4 is 9.47 Å². The number of ether oxygens (including phenoxy) is 2. The summed E-state index contributed by atoms with van der Waals surface area (Å²) in [6.07, 6.45) is 7.71. The molecule has 1 aromatic heterocycles. The normalized spacial score (nSPS) is 16.7. The molecule has 2 aromatic rings. The van der Waals surface area contributed by atoms with E-state index in [1.165, 1.54) is 32.1 Å². The number of nitrogens with one attached hydrogen (secondary N) is 1. The van der Waals surface area contributed by atoms with Crippen molar-refractivity contribution in [2.75, 3.05) is 40.4 Å². The molecule has 1 aliphatic heterocycles. The third-order valence-corrected chi connectivity index (χ3v) is 5.70. The van der Waals surface area contributed by atoms with Gasteiger partial charge in [-0.25, -0.2) is 4.98 Å². The predicted octanol–water partition coefficient (Wildman–Crippen LogP) is 3.36. The topological polar surface area (TPSA) is 73.8 Å². The van der Waals surface area contributed by atoms with Crippen molar-refractivity contribution < 1.29 is 14.6 Å². The van der Waals surface area contributed by atoms with Crippen molar-refractivity contribution in [1.29, 1.82) is 0 Å². The highest BCUT2D eigenvalue weighted by atomic mass is 16.5. The number of aromatic nitrogens is 2. The SMILES string of the molecule is COc1cc(CN(C)Cc2ncc(C)[nH]2)ccc1OC[C@@H](O)CN1CCCCCCC1. The summed E-state index contributed by atoms with van der Waals surface area (Å²) in [5.74, 6) is 2.32. The van der Waals surface area contributed by atoms with Crippen LogP contribution in [0.15, 0.2) is 24.4 Å². The van der Waals surface area contributed by atoms with Crippen molar-refractivity contribution in [2.45, 2.75) is 58.2 Å². The zero-order valence-corrected chi connectivity index (χ0v) is 19.3. The van der Waals surface area contributed by atoms with Gasteiger partial charge in [-0.05, 0) is 57.6 Å². The Hall–Kier alpha value is -2.09. The Morgan fingerprint density at radius 3 is 2.55 bits per heavy atom. The highest BCUT2D eigenvalue weighted by molar-refractivity contribution is 5.43. The maximum Gasteiger partial charge on any atom is 0.161 e. The minimum absolute atomic E-state index is 0.268. The lowest BCUT2D eigenvalue weighted by atomic mass is 10.1. The number of rotatable bonds is 10. The van der Waals surface area contributed by atoms with E-state index in [2.05, 4.69) is 26.8 Å². The molecule has 1 aliphatic rings. The summed E-state index contributed by atoms with van der Waals surface area (Å²) in [6, 6.07) is 5.98. The van der Waals surface area contributed by atoms with Crippen LogP contribution in [0.5, 0.6) is 11.5 Å². The number of β-amino-alcohol motifs (C(OH)–C–C–N with tert-alkyl or cyclic N) is 1. The molecule has 0 spiro atoms. The molecule has 0 bridgehead atoms. The molecule has 0 unspecified atom stereocenters. The summed E-state index contributed by atoms with van der Waals surface area (Å²) < 4.78 is 11.5. The van der Waals surface area contributed by atoms with Gasteiger partial charge in [-0.1, -0.05) is 25.3 Å². The van der Waals surface area contributed by atoms with Gasteiger partial charge in [-0.3, -0.25) is 4.90 Å². The fourth-order valence-electron chi connectivity index (χ4n) is 4.13. The molecule has 2 heterocycles. The second-order valence-electron chi connectivity index (χ2n) is 8.70. The van der Waals surface area contributed by atoms with E-state index in [-0.39, 0.29) is 6.61 Å². The summed E-state index contributed by atoms with van der Waals surface area (Å²) in [5.41, 5.74) is 2.20. The lowest BCUT2D eigenvalue weighted by Gasteiger charge is -2.26. The summed E-state index contributed by atoms with van der Waals surface area (Å²) in [7, 11) is 3.72. The van der Waals surface area contributed by atoms with Crippen LogP contribution in [-0.2, 0) is 13.1 Å². The van der Waals surface area contributed by atoms with E-state index in [4.69, 9.17) is 9.47 Å². The van der Waals surface area contributed by atoms with E-state index in [0.29, 0.717) is 18.0 Å². The van der Waals surface area contributed by atoms with Crippen LogP contribution in [0.1, 0.15) is 49.2 Å². The van der Waals surface area contributed by atoms with E-state index in [9.17, 15) is 5.11 Å². The number of hydrogen-bond donors (Lipinski definition) is 2. The fraction of sp³-hybridized carbons (Fsp3) is 0.625. The second kappa shape index (κ2) is 12.1. The standard InChI is InChI=1S/C24H38N4O3/c1-19-14-25-24(26-19)17-27(2)15-20-9-10-22(23(13-20)30-3)31-18-21(29)16-28-11-7-5-4-6-8-12-28/h9-10,13-14,21,29H,4-8,11-12,15-18H2,1-3H3,(H,25,26)/t21-/m0/s1. The molecule has 1 aromatic carbocycles. The van der Waals surface area contributed by atoms with Gasteiger partial charge in [0.15, 0.2) is 11.5 Å². The summed E-state index contributed by atoms with van der Waals surface area (Å²) in [6.45, 7) is 6.60. The van der Waals surface area contributed by atoms with Crippen LogP contribution in [0.25, 0.3) is 0 Å². The van der Waals surface area contributed by atoms with Crippen LogP contribution in [0.2, 0.25) is 0 Å². The van der Waals surface area contributed by atoms with Gasteiger partial charge in [0.2, 0.25) is 0 Å². The van der Waals surface area contributed by atoms with Crippen molar-refractivity contribution >= 4 is 0 Å². The molecule has 172 valence electrons. The van der Waals surface area contributed by atoms with E-state index in [0.717, 1.165) is 43.3 Å². The number of aliphatic hydroxyl groups is 1.